The first-order valence-corrected chi connectivity index (χ1v) is 9.19. The molecule has 5 heteroatoms. The van der Waals surface area contributed by atoms with Gasteiger partial charge in [0.05, 0.1) is 18.7 Å². The van der Waals surface area contributed by atoms with Crippen LogP contribution in [0.5, 0.6) is 5.75 Å². The molecule has 0 radical (unpaired) electrons. The number of methoxy groups -OCH3 is 1. The first-order chi connectivity index (χ1) is 13.0. The molecule has 0 saturated heterocycles. The molecule has 2 aromatic rings. The molecule has 0 bridgehead atoms. The standard InChI is InChI=1S/C22H25N3O2/c1-27-19-10-6-5-9-18(19)20(26)25-16-21(17-7-3-2-4-8-17)11-13-22(24,15-23)14-12-21/h2-10H,11-14,16,24H2,1H3,(H,25,26)/t21-,22+. The fraction of sp³-hybridized carbons (Fsp3) is 0.364. The van der Waals surface area contributed by atoms with Gasteiger partial charge in [-0.05, 0) is 43.4 Å². The topological polar surface area (TPSA) is 88.1 Å². The summed E-state index contributed by atoms with van der Waals surface area (Å²) in [6.45, 7) is 0.495. The molecule has 0 atom stereocenters. The summed E-state index contributed by atoms with van der Waals surface area (Å²) in [5.74, 6) is 0.394. The number of nitriles is 1. The van der Waals surface area contributed by atoms with E-state index in [1.807, 2.05) is 30.3 Å². The summed E-state index contributed by atoms with van der Waals surface area (Å²) in [5, 5.41) is 12.4. The highest BCUT2D eigenvalue weighted by molar-refractivity contribution is 5.96. The molecule has 0 aliphatic heterocycles. The Kier molecular flexibility index (Phi) is 5.48. The first-order valence-electron chi connectivity index (χ1n) is 9.19. The smallest absolute Gasteiger partial charge is 0.255 e. The number of amides is 1. The molecule has 1 amide bonds. The number of nitrogens with zero attached hydrogens (tertiary/aromatic N) is 1. The second kappa shape index (κ2) is 7.81. The summed E-state index contributed by atoms with van der Waals surface area (Å²) in [5.41, 5.74) is 6.87. The lowest BCUT2D eigenvalue weighted by molar-refractivity contribution is 0.0930. The summed E-state index contributed by atoms with van der Waals surface area (Å²) in [6, 6.07) is 19.6. The van der Waals surface area contributed by atoms with Gasteiger partial charge < -0.3 is 15.8 Å². The lowest BCUT2D eigenvalue weighted by Gasteiger charge is -2.42. The van der Waals surface area contributed by atoms with Crippen LogP contribution in [0.2, 0.25) is 0 Å². The summed E-state index contributed by atoms with van der Waals surface area (Å²) >= 11 is 0. The van der Waals surface area contributed by atoms with Gasteiger partial charge in [0.25, 0.3) is 5.91 Å². The van der Waals surface area contributed by atoms with E-state index >= 15 is 0 Å². The maximum atomic E-state index is 12.8. The van der Waals surface area contributed by atoms with Gasteiger partial charge in [-0.25, -0.2) is 0 Å². The summed E-state index contributed by atoms with van der Waals surface area (Å²) in [6.07, 6.45) is 2.74. The van der Waals surface area contributed by atoms with Crippen LogP contribution in [-0.4, -0.2) is 25.1 Å². The second-order valence-corrected chi connectivity index (χ2v) is 7.30. The van der Waals surface area contributed by atoms with Crippen molar-refractivity contribution in [2.45, 2.75) is 36.6 Å². The average Bonchev–Trinajstić information content (AvgIpc) is 2.74. The molecule has 3 N–H and O–H groups in total. The summed E-state index contributed by atoms with van der Waals surface area (Å²) in [4.78, 5) is 12.8. The minimum absolute atomic E-state index is 0.160. The van der Waals surface area contributed by atoms with Crippen LogP contribution in [0.25, 0.3) is 0 Å². The number of hydrogen-bond acceptors (Lipinski definition) is 4. The van der Waals surface area contributed by atoms with E-state index in [1.54, 1.807) is 19.2 Å². The van der Waals surface area contributed by atoms with E-state index in [0.29, 0.717) is 30.7 Å². The van der Waals surface area contributed by atoms with Crippen molar-refractivity contribution in [3.8, 4) is 11.8 Å². The Morgan fingerprint density at radius 2 is 1.74 bits per heavy atom. The molecule has 1 aliphatic rings. The van der Waals surface area contributed by atoms with E-state index in [1.165, 1.54) is 5.56 Å². The van der Waals surface area contributed by atoms with Crippen molar-refractivity contribution in [1.29, 1.82) is 5.26 Å². The minimum Gasteiger partial charge on any atom is -0.496 e. The molecule has 3 rings (SSSR count). The van der Waals surface area contributed by atoms with Crippen molar-refractivity contribution in [3.05, 3.63) is 65.7 Å². The van der Waals surface area contributed by atoms with E-state index < -0.39 is 5.54 Å². The number of carbonyl (C=O) groups excluding carboxylic acids is 1. The van der Waals surface area contributed by atoms with E-state index in [4.69, 9.17) is 10.5 Å². The van der Waals surface area contributed by atoms with Crippen LogP contribution in [0.3, 0.4) is 0 Å². The molecular formula is C22H25N3O2. The van der Waals surface area contributed by atoms with Gasteiger partial charge in [0, 0.05) is 12.0 Å². The van der Waals surface area contributed by atoms with Gasteiger partial charge in [-0.2, -0.15) is 5.26 Å². The Morgan fingerprint density at radius 1 is 1.11 bits per heavy atom. The highest BCUT2D eigenvalue weighted by Crippen LogP contribution is 2.42. The fourth-order valence-electron chi connectivity index (χ4n) is 3.82. The van der Waals surface area contributed by atoms with Crippen LogP contribution in [0.1, 0.15) is 41.6 Å². The zero-order valence-corrected chi connectivity index (χ0v) is 15.6. The molecule has 0 spiro atoms. The Morgan fingerprint density at radius 3 is 2.37 bits per heavy atom. The third-order valence-corrected chi connectivity index (χ3v) is 5.65. The van der Waals surface area contributed by atoms with Crippen LogP contribution in [0.4, 0.5) is 0 Å². The number of rotatable bonds is 5. The third-order valence-electron chi connectivity index (χ3n) is 5.65. The summed E-state index contributed by atoms with van der Waals surface area (Å²) < 4.78 is 5.30. The van der Waals surface area contributed by atoms with Gasteiger partial charge in [-0.15, -0.1) is 0 Å². The monoisotopic (exact) mass is 363 g/mol. The van der Waals surface area contributed by atoms with Crippen LogP contribution < -0.4 is 15.8 Å². The lowest BCUT2D eigenvalue weighted by Crippen LogP contribution is -2.50. The number of carbonyl (C=O) groups is 1. The zero-order valence-electron chi connectivity index (χ0n) is 15.6. The van der Waals surface area contributed by atoms with Crippen molar-refractivity contribution < 1.29 is 9.53 Å². The number of ether oxygens (including phenoxy) is 1. The normalized spacial score (nSPS) is 24.6. The van der Waals surface area contributed by atoms with Crippen molar-refractivity contribution in [2.75, 3.05) is 13.7 Å². The Labute approximate surface area is 160 Å². The predicted octanol–water partition coefficient (Wildman–Crippen LogP) is 3.16. The van der Waals surface area contributed by atoms with Crippen molar-refractivity contribution in [3.63, 3.8) is 0 Å². The Balaban J connectivity index is 1.81. The SMILES string of the molecule is COc1ccccc1C(=O)NC[C@]1(c2ccccc2)CC[C@](N)(C#N)CC1. The number of nitrogens with one attached hydrogen (secondary N) is 1. The van der Waals surface area contributed by atoms with Gasteiger partial charge in [0.15, 0.2) is 0 Å². The highest BCUT2D eigenvalue weighted by Gasteiger charge is 2.42. The zero-order chi connectivity index (χ0) is 19.3. The average molecular weight is 363 g/mol. The molecule has 2 aromatic carbocycles. The number of para-hydroxylation sites is 1. The van der Waals surface area contributed by atoms with Gasteiger partial charge >= 0.3 is 0 Å². The number of hydrogen-bond donors (Lipinski definition) is 2. The van der Waals surface area contributed by atoms with Gasteiger partial charge in [-0.1, -0.05) is 42.5 Å². The first kappa shape index (κ1) is 18.9. The number of benzene rings is 2. The molecule has 5 nitrogen and oxygen atoms in total. The van der Waals surface area contributed by atoms with Crippen molar-refractivity contribution >= 4 is 5.91 Å². The second-order valence-electron chi connectivity index (χ2n) is 7.30. The van der Waals surface area contributed by atoms with E-state index in [0.717, 1.165) is 12.8 Å². The van der Waals surface area contributed by atoms with Crippen molar-refractivity contribution in [1.82, 2.24) is 5.32 Å². The fourth-order valence-corrected chi connectivity index (χ4v) is 3.82. The molecule has 1 aliphatic carbocycles. The third kappa shape index (κ3) is 3.96. The molecule has 140 valence electrons. The molecule has 1 saturated carbocycles. The van der Waals surface area contributed by atoms with Crippen LogP contribution >= 0.6 is 0 Å². The van der Waals surface area contributed by atoms with Gasteiger partial charge in [0.1, 0.15) is 11.3 Å². The molecule has 0 heterocycles. The molecular weight excluding hydrogens is 338 g/mol. The maximum absolute atomic E-state index is 12.8. The lowest BCUT2D eigenvalue weighted by atomic mass is 9.64. The van der Waals surface area contributed by atoms with E-state index in [-0.39, 0.29) is 11.3 Å². The van der Waals surface area contributed by atoms with Gasteiger partial charge in [0.2, 0.25) is 0 Å². The van der Waals surface area contributed by atoms with Gasteiger partial charge in [-0.3, -0.25) is 4.79 Å². The quantitative estimate of drug-likeness (QED) is 0.854. The molecule has 27 heavy (non-hydrogen) atoms. The Bertz CT molecular complexity index is 834. The van der Waals surface area contributed by atoms with E-state index in [9.17, 15) is 10.1 Å². The predicted molar refractivity (Wildman–Crippen MR) is 104 cm³/mol. The molecule has 0 unspecified atom stereocenters. The minimum atomic E-state index is -0.773. The number of nitrogens with two attached hydrogens (primary N) is 1. The largest absolute Gasteiger partial charge is 0.496 e. The van der Waals surface area contributed by atoms with Crippen molar-refractivity contribution in [2.24, 2.45) is 5.73 Å². The van der Waals surface area contributed by atoms with Crippen LogP contribution in [0.15, 0.2) is 54.6 Å². The molecule has 0 aromatic heterocycles. The molecule has 1 fully saturated rings. The van der Waals surface area contributed by atoms with Crippen LogP contribution in [0, 0.1) is 11.3 Å². The maximum Gasteiger partial charge on any atom is 0.255 e. The summed E-state index contributed by atoms with van der Waals surface area (Å²) in [7, 11) is 1.56. The van der Waals surface area contributed by atoms with Crippen LogP contribution in [-0.2, 0) is 5.41 Å². The van der Waals surface area contributed by atoms with E-state index in [2.05, 4.69) is 23.5 Å². The Hall–Kier alpha value is -2.84. The highest BCUT2D eigenvalue weighted by atomic mass is 16.5.